The fraction of sp³-hybridized carbons (Fsp3) is 0.197. The molecule has 0 bridgehead atoms. The molecule has 62 heavy (non-hydrogen) atoms. The van der Waals surface area contributed by atoms with E-state index in [4.69, 9.17) is 4.98 Å². The Balaban J connectivity index is 0.000000385. The minimum Gasteiger partial charge on any atom is -0.256 e. The minimum absolute atomic E-state index is 0.0432. The van der Waals surface area contributed by atoms with Crippen molar-refractivity contribution in [2.24, 2.45) is 5.41 Å². The summed E-state index contributed by atoms with van der Waals surface area (Å²) in [7, 11) is 0. The lowest BCUT2D eigenvalue weighted by atomic mass is 9.78. The lowest BCUT2D eigenvalue weighted by Crippen LogP contribution is -2.17. The summed E-state index contributed by atoms with van der Waals surface area (Å²) >= 11 is 0. The standard InChI is InChI=1S/C48H41N.C10H14.C3H6/c1-33-16-7-4-10-19-38(39-20-11-6-12-21-40(39)46(33)36-28-26-35(27-29-36)34-17-8-5-9-18-34)37-30-31-45(49-32-37)42-23-15-25-44-47(42)41-22-13-14-24-43(41)48(44,2)3;1-5-9-7-6-8(2)10(9,3)4;1-3-2/h4-13,15-18,21-23,25-32H,1,14,19-20,24H2,2-3H3;5-7H,1H2,2-4H3;3H,1H2,2H3/b10-4-,16-7-,39-38+,46-40+;;. The van der Waals surface area contributed by atoms with Gasteiger partial charge in [-0.05, 0) is 118 Å². The minimum atomic E-state index is 0.0432. The molecule has 1 nitrogen and oxygen atoms in total. The van der Waals surface area contributed by atoms with E-state index in [1.54, 1.807) is 11.6 Å². The van der Waals surface area contributed by atoms with E-state index in [1.807, 2.05) is 13.0 Å². The lowest BCUT2D eigenvalue weighted by Gasteiger charge is -2.25. The third kappa shape index (κ3) is 8.77. The average Bonchev–Trinajstić information content (AvgIpc) is 3.54. The van der Waals surface area contributed by atoms with Gasteiger partial charge in [0.15, 0.2) is 0 Å². The van der Waals surface area contributed by atoms with E-state index in [-0.39, 0.29) is 10.8 Å². The predicted octanol–water partition coefficient (Wildman–Crippen LogP) is 16.9. The van der Waals surface area contributed by atoms with Gasteiger partial charge in [0.2, 0.25) is 0 Å². The fourth-order valence-corrected chi connectivity index (χ4v) is 9.26. The second-order valence-electron chi connectivity index (χ2n) is 17.5. The van der Waals surface area contributed by atoms with Gasteiger partial charge in [-0.15, -0.1) is 6.58 Å². The van der Waals surface area contributed by atoms with Crippen molar-refractivity contribution in [3.63, 3.8) is 0 Å². The number of hydrogen-bond donors (Lipinski definition) is 0. The third-order valence-corrected chi connectivity index (χ3v) is 13.0. The van der Waals surface area contributed by atoms with Gasteiger partial charge in [0.05, 0.1) is 5.69 Å². The van der Waals surface area contributed by atoms with Gasteiger partial charge in [-0.2, -0.15) is 0 Å². The molecule has 1 heterocycles. The highest BCUT2D eigenvalue weighted by atomic mass is 14.7. The number of nitrogens with zero attached hydrogens (tertiary/aromatic N) is 1. The van der Waals surface area contributed by atoms with Crippen LogP contribution >= 0.6 is 0 Å². The summed E-state index contributed by atoms with van der Waals surface area (Å²) in [6.45, 7) is 25.0. The average molecular weight is 808 g/mol. The highest BCUT2D eigenvalue weighted by Crippen LogP contribution is 2.52. The molecule has 0 atom stereocenters. The molecule has 0 saturated heterocycles. The van der Waals surface area contributed by atoms with Crippen LogP contribution in [-0.2, 0) is 5.41 Å². The van der Waals surface area contributed by atoms with E-state index < -0.39 is 0 Å². The van der Waals surface area contributed by atoms with Crippen molar-refractivity contribution in [2.45, 2.75) is 72.6 Å². The van der Waals surface area contributed by atoms with Crippen LogP contribution in [0, 0.1) is 5.41 Å². The van der Waals surface area contributed by atoms with Crippen LogP contribution in [0.15, 0.2) is 229 Å². The predicted molar refractivity (Wildman–Crippen MR) is 270 cm³/mol. The Morgan fingerprint density at radius 2 is 1.29 bits per heavy atom. The molecule has 0 saturated carbocycles. The summed E-state index contributed by atoms with van der Waals surface area (Å²) in [6.07, 6.45) is 36.2. The molecule has 0 spiro atoms. The van der Waals surface area contributed by atoms with E-state index in [1.165, 1.54) is 61.3 Å². The van der Waals surface area contributed by atoms with Crippen LogP contribution in [0.1, 0.15) is 89.5 Å². The van der Waals surface area contributed by atoms with Crippen molar-refractivity contribution in [1.29, 1.82) is 0 Å². The van der Waals surface area contributed by atoms with Crippen molar-refractivity contribution in [1.82, 2.24) is 4.98 Å². The van der Waals surface area contributed by atoms with Crippen molar-refractivity contribution in [3.05, 3.63) is 252 Å². The SMILES string of the molecule is C=C1/C=C\C=C/C/C(c2ccc(-c3cccc4c3C3=C(CCC=C3)C4(C)C)nc2)=C2/CC=CC=C/C2=C/1c1ccc(-c2ccccc2)cc1.C=CC.C=CC1=CC=C(C)C1(C)C. The van der Waals surface area contributed by atoms with Gasteiger partial charge in [-0.3, -0.25) is 4.98 Å². The number of benzene rings is 3. The monoisotopic (exact) mass is 807 g/mol. The molecule has 3 aromatic carbocycles. The molecule has 310 valence electrons. The van der Waals surface area contributed by atoms with Crippen LogP contribution in [0.4, 0.5) is 0 Å². The Kier molecular flexibility index (Phi) is 13.3. The van der Waals surface area contributed by atoms with Gasteiger partial charge in [-0.1, -0.05) is 216 Å². The zero-order chi connectivity index (χ0) is 43.9. The normalized spacial score (nSPS) is 21.4. The first-order valence-electron chi connectivity index (χ1n) is 22.1. The molecule has 0 aliphatic heterocycles. The van der Waals surface area contributed by atoms with Gasteiger partial charge in [0.25, 0.3) is 0 Å². The zero-order valence-electron chi connectivity index (χ0n) is 37.6. The highest BCUT2D eigenvalue weighted by Gasteiger charge is 2.38. The van der Waals surface area contributed by atoms with Crippen molar-refractivity contribution < 1.29 is 0 Å². The molecule has 0 radical (unpaired) electrons. The lowest BCUT2D eigenvalue weighted by molar-refractivity contribution is 0.564. The van der Waals surface area contributed by atoms with Crippen LogP contribution in [0.3, 0.4) is 0 Å². The van der Waals surface area contributed by atoms with Gasteiger partial charge >= 0.3 is 0 Å². The fourth-order valence-electron chi connectivity index (χ4n) is 9.26. The quantitative estimate of drug-likeness (QED) is 0.183. The van der Waals surface area contributed by atoms with Crippen molar-refractivity contribution in [2.75, 3.05) is 0 Å². The number of pyridine rings is 1. The number of rotatable bonds is 5. The van der Waals surface area contributed by atoms with E-state index in [0.29, 0.717) is 0 Å². The Morgan fingerprint density at radius 3 is 1.94 bits per heavy atom. The third-order valence-electron chi connectivity index (χ3n) is 13.0. The first-order chi connectivity index (χ1) is 30.0. The number of fused-ring (bicyclic) bond motifs is 3. The molecular weight excluding hydrogens is 747 g/mol. The van der Waals surface area contributed by atoms with E-state index in [9.17, 15) is 0 Å². The van der Waals surface area contributed by atoms with Crippen molar-refractivity contribution in [3.8, 4) is 22.4 Å². The first kappa shape index (κ1) is 43.5. The first-order valence-corrected chi connectivity index (χ1v) is 22.1. The number of aromatic nitrogens is 1. The van der Waals surface area contributed by atoms with Crippen LogP contribution in [0.2, 0.25) is 0 Å². The molecule has 9 rings (SSSR count). The molecule has 1 heteroatoms. The topological polar surface area (TPSA) is 12.9 Å². The highest BCUT2D eigenvalue weighted by molar-refractivity contribution is 5.95. The Hall–Kier alpha value is -6.57. The summed E-state index contributed by atoms with van der Waals surface area (Å²) in [5.74, 6) is 0. The molecular formula is C61H61N. The summed E-state index contributed by atoms with van der Waals surface area (Å²) in [5.41, 5.74) is 21.7. The number of hydrogen-bond acceptors (Lipinski definition) is 1. The second kappa shape index (κ2) is 19.0. The molecule has 0 fully saturated rings. The van der Waals surface area contributed by atoms with Crippen LogP contribution in [0.25, 0.3) is 39.1 Å². The van der Waals surface area contributed by atoms with E-state index in [2.05, 4.69) is 218 Å². The summed E-state index contributed by atoms with van der Waals surface area (Å²) in [5, 5.41) is 0. The maximum absolute atomic E-state index is 5.19. The molecule has 5 aliphatic carbocycles. The molecule has 4 aromatic rings. The number of allylic oxidation sites excluding steroid dienone is 23. The second-order valence-corrected chi connectivity index (χ2v) is 17.5. The summed E-state index contributed by atoms with van der Waals surface area (Å²) in [6, 6.07) is 30.8. The maximum Gasteiger partial charge on any atom is 0.0708 e. The Labute approximate surface area is 372 Å². The Bertz CT molecular complexity index is 2680. The Morgan fingerprint density at radius 1 is 0.629 bits per heavy atom. The summed E-state index contributed by atoms with van der Waals surface area (Å²) in [4.78, 5) is 5.19. The van der Waals surface area contributed by atoms with Crippen LogP contribution < -0.4 is 0 Å². The van der Waals surface area contributed by atoms with Gasteiger partial charge in [-0.25, -0.2) is 0 Å². The maximum atomic E-state index is 5.19. The van der Waals surface area contributed by atoms with E-state index in [0.717, 1.165) is 53.7 Å². The molecule has 0 N–H and O–H groups in total. The largest absolute Gasteiger partial charge is 0.256 e. The molecule has 1 aromatic heterocycles. The van der Waals surface area contributed by atoms with E-state index >= 15 is 0 Å². The molecule has 5 aliphatic rings. The van der Waals surface area contributed by atoms with Gasteiger partial charge in [0, 0.05) is 22.6 Å². The van der Waals surface area contributed by atoms with Gasteiger partial charge in [0.1, 0.15) is 0 Å². The smallest absolute Gasteiger partial charge is 0.0708 e. The van der Waals surface area contributed by atoms with Crippen molar-refractivity contribution >= 4 is 16.7 Å². The van der Waals surface area contributed by atoms with Crippen LogP contribution in [0.5, 0.6) is 0 Å². The van der Waals surface area contributed by atoms with Gasteiger partial charge < -0.3 is 0 Å². The zero-order valence-corrected chi connectivity index (χ0v) is 37.6. The molecule has 0 unspecified atom stereocenters. The van der Waals surface area contributed by atoms with Crippen LogP contribution in [-0.4, -0.2) is 4.98 Å². The summed E-state index contributed by atoms with van der Waals surface area (Å²) < 4.78 is 0. The molecule has 0 amide bonds.